The zero-order chi connectivity index (χ0) is 19.4. The Morgan fingerprint density at radius 1 is 1.22 bits per heavy atom. The van der Waals surface area contributed by atoms with Crippen molar-refractivity contribution in [2.45, 2.75) is 6.92 Å². The molecule has 3 aromatic rings. The van der Waals surface area contributed by atoms with Crippen LogP contribution in [0.4, 0.5) is 27.2 Å². The van der Waals surface area contributed by atoms with Crippen molar-refractivity contribution in [2.75, 3.05) is 23.0 Å². The smallest absolute Gasteiger partial charge is 0.325 e. The average molecular weight is 385 g/mol. The summed E-state index contributed by atoms with van der Waals surface area (Å²) in [5, 5.41) is 19.2. The van der Waals surface area contributed by atoms with Crippen LogP contribution >= 0.6 is 11.3 Å². The molecule has 0 atom stereocenters. The predicted molar refractivity (Wildman–Crippen MR) is 103 cm³/mol. The Labute approximate surface area is 157 Å². The van der Waals surface area contributed by atoms with Gasteiger partial charge in [-0.15, -0.1) is 0 Å². The van der Waals surface area contributed by atoms with Gasteiger partial charge in [0.1, 0.15) is 0 Å². The number of rotatable bonds is 5. The maximum atomic E-state index is 12.2. The van der Waals surface area contributed by atoms with Gasteiger partial charge in [0.05, 0.1) is 21.2 Å². The molecule has 3 rings (SSSR count). The van der Waals surface area contributed by atoms with Crippen LogP contribution in [0.2, 0.25) is 0 Å². The van der Waals surface area contributed by atoms with Crippen LogP contribution < -0.4 is 16.0 Å². The maximum Gasteiger partial charge on any atom is 0.325 e. The van der Waals surface area contributed by atoms with Crippen LogP contribution in [-0.2, 0) is 0 Å². The Morgan fingerprint density at radius 2 is 2.04 bits per heavy atom. The van der Waals surface area contributed by atoms with Gasteiger partial charge in [0.15, 0.2) is 5.13 Å². The van der Waals surface area contributed by atoms with Gasteiger partial charge in [0.2, 0.25) is 5.95 Å². The normalized spacial score (nSPS) is 10.3. The maximum absolute atomic E-state index is 12.2. The number of nitrogens with zero attached hydrogens (tertiary/aromatic N) is 4. The van der Waals surface area contributed by atoms with Crippen molar-refractivity contribution in [2.24, 2.45) is 0 Å². The summed E-state index contributed by atoms with van der Waals surface area (Å²) in [6.45, 7) is 1.82. The standard InChI is InChI=1S/C16H15N7O3S/c1-9-13(12-6-7-18-14(17-2)21-12)27-16(19-9)22-15(24)20-10-4-3-5-11(8-10)23(25)26/h3-8H,1-2H3,(H,17,18,21)(H2,19,20,22,24). The molecule has 138 valence electrons. The number of nitro groups is 1. The molecule has 11 heteroatoms. The van der Waals surface area contributed by atoms with E-state index in [2.05, 4.69) is 30.9 Å². The highest BCUT2D eigenvalue weighted by Crippen LogP contribution is 2.31. The average Bonchev–Trinajstić information content (AvgIpc) is 3.01. The van der Waals surface area contributed by atoms with Crippen LogP contribution in [0.15, 0.2) is 36.5 Å². The minimum absolute atomic E-state index is 0.107. The number of hydrogen-bond acceptors (Lipinski definition) is 8. The van der Waals surface area contributed by atoms with Crippen molar-refractivity contribution in [3.05, 3.63) is 52.3 Å². The third-order valence-corrected chi connectivity index (χ3v) is 4.54. The van der Waals surface area contributed by atoms with E-state index in [1.54, 1.807) is 25.4 Å². The number of aromatic nitrogens is 3. The monoisotopic (exact) mass is 385 g/mol. The highest BCUT2D eigenvalue weighted by Gasteiger charge is 2.14. The molecule has 0 saturated carbocycles. The molecule has 27 heavy (non-hydrogen) atoms. The van der Waals surface area contributed by atoms with Gasteiger partial charge in [-0.2, -0.15) is 0 Å². The van der Waals surface area contributed by atoms with Gasteiger partial charge in [-0.1, -0.05) is 17.4 Å². The second-order valence-corrected chi connectivity index (χ2v) is 6.33. The Kier molecular flexibility index (Phi) is 5.22. The van der Waals surface area contributed by atoms with Crippen molar-refractivity contribution < 1.29 is 9.72 Å². The minimum Gasteiger partial charge on any atom is -0.357 e. The second-order valence-electron chi connectivity index (χ2n) is 5.34. The second kappa shape index (κ2) is 7.74. The first-order valence-corrected chi connectivity index (χ1v) is 8.59. The number of nitrogens with one attached hydrogen (secondary N) is 3. The van der Waals surface area contributed by atoms with Crippen molar-refractivity contribution in [3.63, 3.8) is 0 Å². The summed E-state index contributed by atoms with van der Waals surface area (Å²) in [7, 11) is 1.73. The molecule has 0 spiro atoms. The Balaban J connectivity index is 1.73. The number of aryl methyl sites for hydroxylation is 1. The molecule has 0 saturated heterocycles. The number of non-ortho nitro benzene ring substituents is 1. The molecule has 1 aromatic carbocycles. The molecule has 2 aromatic heterocycles. The van der Waals surface area contributed by atoms with Gasteiger partial charge >= 0.3 is 6.03 Å². The number of anilines is 3. The topological polar surface area (TPSA) is 135 Å². The van der Waals surface area contributed by atoms with Crippen molar-refractivity contribution in [3.8, 4) is 10.6 Å². The third-order valence-electron chi connectivity index (χ3n) is 3.44. The molecule has 0 aliphatic carbocycles. The first-order chi connectivity index (χ1) is 13.0. The molecule has 2 heterocycles. The van der Waals surface area contributed by atoms with Gasteiger partial charge in [0, 0.05) is 31.1 Å². The van der Waals surface area contributed by atoms with Crippen LogP contribution in [0, 0.1) is 17.0 Å². The fourth-order valence-corrected chi connectivity index (χ4v) is 3.18. The predicted octanol–water partition coefficient (Wildman–Crippen LogP) is 3.50. The van der Waals surface area contributed by atoms with Crippen molar-refractivity contribution in [1.29, 1.82) is 0 Å². The number of benzene rings is 1. The lowest BCUT2D eigenvalue weighted by Gasteiger charge is -2.05. The van der Waals surface area contributed by atoms with E-state index in [1.807, 2.05) is 6.92 Å². The van der Waals surface area contributed by atoms with Crippen molar-refractivity contribution in [1.82, 2.24) is 15.0 Å². The zero-order valence-electron chi connectivity index (χ0n) is 14.4. The summed E-state index contributed by atoms with van der Waals surface area (Å²) >= 11 is 1.27. The molecule has 0 aliphatic rings. The fourth-order valence-electron chi connectivity index (χ4n) is 2.25. The van der Waals surface area contributed by atoms with E-state index in [9.17, 15) is 14.9 Å². The minimum atomic E-state index is -0.547. The van der Waals surface area contributed by atoms with E-state index < -0.39 is 11.0 Å². The summed E-state index contributed by atoms with van der Waals surface area (Å²) in [6.07, 6.45) is 1.63. The van der Waals surface area contributed by atoms with Crippen LogP contribution in [-0.4, -0.2) is 33.0 Å². The summed E-state index contributed by atoms with van der Waals surface area (Å²) in [5.41, 5.74) is 1.61. The number of nitro benzene ring substituents is 1. The van der Waals surface area contributed by atoms with Crippen LogP contribution in [0.25, 0.3) is 10.6 Å². The van der Waals surface area contributed by atoms with Gasteiger partial charge < -0.3 is 10.6 Å². The van der Waals surface area contributed by atoms with Gasteiger partial charge in [-0.05, 0) is 19.1 Å². The van der Waals surface area contributed by atoms with E-state index in [1.165, 1.54) is 29.5 Å². The molecular formula is C16H15N7O3S. The lowest BCUT2D eigenvalue weighted by molar-refractivity contribution is -0.384. The molecule has 10 nitrogen and oxygen atoms in total. The number of urea groups is 1. The number of carbonyl (C=O) groups excluding carboxylic acids is 1. The summed E-state index contributed by atoms with van der Waals surface area (Å²) in [5.74, 6) is 0.484. The van der Waals surface area contributed by atoms with E-state index in [0.29, 0.717) is 28.2 Å². The Morgan fingerprint density at radius 3 is 2.78 bits per heavy atom. The Hall–Kier alpha value is -3.60. The number of thiazole rings is 1. The fraction of sp³-hybridized carbons (Fsp3) is 0.125. The van der Waals surface area contributed by atoms with Crippen LogP contribution in [0.1, 0.15) is 5.69 Å². The number of carbonyl (C=O) groups is 1. The highest BCUT2D eigenvalue weighted by molar-refractivity contribution is 7.19. The first-order valence-electron chi connectivity index (χ1n) is 7.77. The molecule has 0 unspecified atom stereocenters. The van der Waals surface area contributed by atoms with E-state index in [-0.39, 0.29) is 5.69 Å². The van der Waals surface area contributed by atoms with Crippen molar-refractivity contribution >= 4 is 39.8 Å². The number of amides is 2. The van der Waals surface area contributed by atoms with Gasteiger partial charge in [-0.25, -0.2) is 19.7 Å². The summed E-state index contributed by atoms with van der Waals surface area (Å²) in [4.78, 5) is 36.0. The lowest BCUT2D eigenvalue weighted by atomic mass is 10.3. The first kappa shape index (κ1) is 18.2. The van der Waals surface area contributed by atoms with E-state index in [4.69, 9.17) is 0 Å². The molecule has 0 fully saturated rings. The molecule has 0 bridgehead atoms. The molecule has 0 aliphatic heterocycles. The SMILES string of the molecule is CNc1nccc(-c2sc(NC(=O)Nc3cccc([N+](=O)[O-])c3)nc2C)n1. The zero-order valence-corrected chi connectivity index (χ0v) is 15.2. The summed E-state index contributed by atoms with van der Waals surface area (Å²) in [6, 6.07) is 6.89. The largest absolute Gasteiger partial charge is 0.357 e. The lowest BCUT2D eigenvalue weighted by Crippen LogP contribution is -2.19. The van der Waals surface area contributed by atoms with E-state index >= 15 is 0 Å². The summed E-state index contributed by atoms with van der Waals surface area (Å²) < 4.78 is 0. The van der Waals surface area contributed by atoms with Gasteiger partial charge in [0.25, 0.3) is 5.69 Å². The molecule has 2 amide bonds. The van der Waals surface area contributed by atoms with Crippen LogP contribution in [0.3, 0.4) is 0 Å². The highest BCUT2D eigenvalue weighted by atomic mass is 32.1. The molecule has 0 radical (unpaired) electrons. The Bertz CT molecular complexity index is 1010. The quantitative estimate of drug-likeness (QED) is 0.452. The van der Waals surface area contributed by atoms with Crippen LogP contribution in [0.5, 0.6) is 0 Å². The van der Waals surface area contributed by atoms with E-state index in [0.717, 1.165) is 4.88 Å². The number of hydrogen-bond donors (Lipinski definition) is 3. The molecular weight excluding hydrogens is 370 g/mol. The third kappa shape index (κ3) is 4.33. The molecule has 3 N–H and O–H groups in total. The van der Waals surface area contributed by atoms with Gasteiger partial charge in [-0.3, -0.25) is 15.4 Å².